The van der Waals surface area contributed by atoms with E-state index in [1.807, 2.05) is 18.4 Å². The maximum absolute atomic E-state index is 13.4. The fraction of sp³-hybridized carbons (Fsp3) is 0.438. The summed E-state index contributed by atoms with van der Waals surface area (Å²) in [6.07, 6.45) is 0. The van der Waals surface area contributed by atoms with E-state index in [0.29, 0.717) is 5.69 Å². The molecule has 0 aliphatic rings. The standard InChI is InChI=1S/C16H21FN2OS/c1-10-5-11(17)7-12(6-10)18-13(8-20)14-9-21-15(19-14)16(2,3)4/h5-7,9,13,18,20H,8H2,1-4H3. The van der Waals surface area contributed by atoms with Gasteiger partial charge < -0.3 is 10.4 Å². The van der Waals surface area contributed by atoms with Crippen molar-refractivity contribution >= 4 is 17.0 Å². The number of aliphatic hydroxyl groups is 1. The van der Waals surface area contributed by atoms with Gasteiger partial charge in [-0.25, -0.2) is 9.37 Å². The van der Waals surface area contributed by atoms with E-state index in [2.05, 4.69) is 31.1 Å². The number of thiazole rings is 1. The Bertz CT molecular complexity index is 599. The maximum Gasteiger partial charge on any atom is 0.125 e. The predicted octanol–water partition coefficient (Wildman–Crippen LogP) is 4.03. The molecule has 0 radical (unpaired) electrons. The van der Waals surface area contributed by atoms with Gasteiger partial charge in [0, 0.05) is 16.5 Å². The highest BCUT2D eigenvalue weighted by atomic mass is 32.1. The monoisotopic (exact) mass is 308 g/mol. The van der Waals surface area contributed by atoms with Crippen molar-refractivity contribution in [1.82, 2.24) is 4.98 Å². The third kappa shape index (κ3) is 4.02. The zero-order valence-electron chi connectivity index (χ0n) is 12.8. The van der Waals surface area contributed by atoms with E-state index in [1.165, 1.54) is 12.1 Å². The summed E-state index contributed by atoms with van der Waals surface area (Å²) < 4.78 is 13.4. The van der Waals surface area contributed by atoms with Crippen LogP contribution >= 0.6 is 11.3 Å². The van der Waals surface area contributed by atoms with Crippen LogP contribution in [0.5, 0.6) is 0 Å². The zero-order valence-corrected chi connectivity index (χ0v) is 13.6. The summed E-state index contributed by atoms with van der Waals surface area (Å²) in [7, 11) is 0. The summed E-state index contributed by atoms with van der Waals surface area (Å²) in [4.78, 5) is 4.60. The molecular formula is C16H21FN2OS. The number of nitrogens with zero attached hydrogens (tertiary/aromatic N) is 1. The van der Waals surface area contributed by atoms with Gasteiger partial charge in [0.05, 0.1) is 23.4 Å². The molecule has 2 aromatic rings. The molecule has 1 heterocycles. The van der Waals surface area contributed by atoms with E-state index in [1.54, 1.807) is 11.3 Å². The van der Waals surface area contributed by atoms with Crippen LogP contribution in [0.4, 0.5) is 10.1 Å². The summed E-state index contributed by atoms with van der Waals surface area (Å²) in [5.41, 5.74) is 2.26. The molecule has 1 unspecified atom stereocenters. The second-order valence-corrected chi connectivity index (χ2v) is 7.08. The van der Waals surface area contributed by atoms with Gasteiger partial charge >= 0.3 is 0 Å². The van der Waals surface area contributed by atoms with Crippen LogP contribution < -0.4 is 5.32 Å². The number of halogens is 1. The zero-order chi connectivity index (χ0) is 15.6. The molecule has 0 saturated heterocycles. The fourth-order valence-corrected chi connectivity index (χ4v) is 2.99. The van der Waals surface area contributed by atoms with Crippen molar-refractivity contribution in [2.75, 3.05) is 11.9 Å². The summed E-state index contributed by atoms with van der Waals surface area (Å²) >= 11 is 1.58. The molecule has 2 N–H and O–H groups in total. The smallest absolute Gasteiger partial charge is 0.125 e. The molecule has 0 aliphatic carbocycles. The van der Waals surface area contributed by atoms with E-state index in [-0.39, 0.29) is 23.9 Å². The second kappa shape index (κ2) is 6.12. The molecule has 0 amide bonds. The first-order chi connectivity index (χ1) is 9.79. The summed E-state index contributed by atoms with van der Waals surface area (Å²) in [6, 6.07) is 4.41. The van der Waals surface area contributed by atoms with E-state index in [9.17, 15) is 9.50 Å². The number of aromatic nitrogens is 1. The van der Waals surface area contributed by atoms with Crippen LogP contribution in [-0.4, -0.2) is 16.7 Å². The van der Waals surface area contributed by atoms with E-state index in [4.69, 9.17) is 0 Å². The van der Waals surface area contributed by atoms with Gasteiger partial charge in [0.2, 0.25) is 0 Å². The topological polar surface area (TPSA) is 45.1 Å². The average molecular weight is 308 g/mol. The minimum atomic E-state index is -0.335. The molecule has 0 fully saturated rings. The SMILES string of the molecule is Cc1cc(F)cc(NC(CO)c2csc(C(C)(C)C)n2)c1. The minimum absolute atomic E-state index is 0.0155. The molecule has 0 spiro atoms. The highest BCUT2D eigenvalue weighted by Gasteiger charge is 2.21. The fourth-order valence-electron chi connectivity index (χ4n) is 2.02. The third-order valence-electron chi connectivity index (χ3n) is 3.09. The molecule has 2 rings (SSSR count). The highest BCUT2D eigenvalue weighted by molar-refractivity contribution is 7.09. The lowest BCUT2D eigenvalue weighted by Crippen LogP contribution is -2.17. The van der Waals surface area contributed by atoms with E-state index in [0.717, 1.165) is 16.3 Å². The Morgan fingerprint density at radius 1 is 1.33 bits per heavy atom. The molecule has 0 bridgehead atoms. The number of aliphatic hydroxyl groups excluding tert-OH is 1. The van der Waals surface area contributed by atoms with Crippen molar-refractivity contribution in [2.24, 2.45) is 0 Å². The third-order valence-corrected chi connectivity index (χ3v) is 4.37. The molecule has 1 aromatic heterocycles. The first-order valence-electron chi connectivity index (χ1n) is 6.90. The Hall–Kier alpha value is -1.46. The van der Waals surface area contributed by atoms with Crippen LogP contribution in [0.2, 0.25) is 0 Å². The van der Waals surface area contributed by atoms with Gasteiger partial charge in [0.15, 0.2) is 0 Å². The largest absolute Gasteiger partial charge is 0.394 e. The van der Waals surface area contributed by atoms with Gasteiger partial charge in [-0.1, -0.05) is 20.8 Å². The Balaban J connectivity index is 2.22. The Morgan fingerprint density at radius 2 is 2.05 bits per heavy atom. The molecule has 114 valence electrons. The average Bonchev–Trinajstić information content (AvgIpc) is 2.84. The van der Waals surface area contributed by atoms with Crippen molar-refractivity contribution in [2.45, 2.75) is 39.2 Å². The van der Waals surface area contributed by atoms with Crippen molar-refractivity contribution in [3.8, 4) is 0 Å². The van der Waals surface area contributed by atoms with Gasteiger partial charge in [-0.2, -0.15) is 0 Å². The van der Waals surface area contributed by atoms with E-state index < -0.39 is 0 Å². The van der Waals surface area contributed by atoms with Crippen LogP contribution in [0.1, 0.15) is 43.1 Å². The van der Waals surface area contributed by atoms with Crippen molar-refractivity contribution in [1.29, 1.82) is 0 Å². The molecule has 5 heteroatoms. The number of nitrogens with one attached hydrogen (secondary N) is 1. The molecule has 21 heavy (non-hydrogen) atoms. The van der Waals surface area contributed by atoms with Crippen LogP contribution in [0.3, 0.4) is 0 Å². The Labute approximate surface area is 128 Å². The number of rotatable bonds is 4. The normalized spacial score (nSPS) is 13.2. The second-order valence-electron chi connectivity index (χ2n) is 6.22. The van der Waals surface area contributed by atoms with Crippen LogP contribution in [0.15, 0.2) is 23.6 Å². The molecule has 1 aromatic carbocycles. The number of hydrogen-bond donors (Lipinski definition) is 2. The molecule has 0 saturated carbocycles. The minimum Gasteiger partial charge on any atom is -0.394 e. The first-order valence-corrected chi connectivity index (χ1v) is 7.78. The van der Waals surface area contributed by atoms with Gasteiger partial charge in [-0.3, -0.25) is 0 Å². The van der Waals surface area contributed by atoms with Gasteiger partial charge in [-0.05, 0) is 30.7 Å². The van der Waals surface area contributed by atoms with Gasteiger partial charge in [0.1, 0.15) is 5.82 Å². The number of benzene rings is 1. The maximum atomic E-state index is 13.4. The Morgan fingerprint density at radius 3 is 2.57 bits per heavy atom. The van der Waals surface area contributed by atoms with Crippen LogP contribution in [0, 0.1) is 12.7 Å². The quantitative estimate of drug-likeness (QED) is 0.896. The summed E-state index contributed by atoms with van der Waals surface area (Å²) in [5.74, 6) is -0.289. The predicted molar refractivity (Wildman–Crippen MR) is 85.4 cm³/mol. The first kappa shape index (κ1) is 15.9. The lowest BCUT2D eigenvalue weighted by Gasteiger charge is -2.17. The van der Waals surface area contributed by atoms with Gasteiger partial charge in [0.25, 0.3) is 0 Å². The lowest BCUT2D eigenvalue weighted by atomic mass is 9.98. The van der Waals surface area contributed by atoms with Crippen LogP contribution in [-0.2, 0) is 5.41 Å². The Kier molecular flexibility index (Phi) is 4.64. The van der Waals surface area contributed by atoms with Crippen molar-refractivity contribution in [3.05, 3.63) is 45.7 Å². The van der Waals surface area contributed by atoms with Crippen LogP contribution in [0.25, 0.3) is 0 Å². The summed E-state index contributed by atoms with van der Waals surface area (Å²) in [6.45, 7) is 8.05. The summed E-state index contributed by atoms with van der Waals surface area (Å²) in [5, 5.41) is 15.7. The molecule has 3 nitrogen and oxygen atoms in total. The lowest BCUT2D eigenvalue weighted by molar-refractivity contribution is 0.274. The number of anilines is 1. The molecule has 1 atom stereocenters. The molecular weight excluding hydrogens is 287 g/mol. The van der Waals surface area contributed by atoms with Gasteiger partial charge in [-0.15, -0.1) is 11.3 Å². The van der Waals surface area contributed by atoms with Crippen molar-refractivity contribution in [3.63, 3.8) is 0 Å². The number of aryl methyl sites for hydroxylation is 1. The molecule has 0 aliphatic heterocycles. The van der Waals surface area contributed by atoms with E-state index >= 15 is 0 Å². The number of hydrogen-bond acceptors (Lipinski definition) is 4. The highest BCUT2D eigenvalue weighted by Crippen LogP contribution is 2.29. The van der Waals surface area contributed by atoms with Crippen molar-refractivity contribution < 1.29 is 9.50 Å².